The van der Waals surface area contributed by atoms with Crippen LogP contribution in [0.4, 0.5) is 0 Å². The quantitative estimate of drug-likeness (QED) is 0.493. The van der Waals surface area contributed by atoms with Crippen LogP contribution in [-0.4, -0.2) is 35.9 Å². The molecule has 0 aliphatic carbocycles. The van der Waals surface area contributed by atoms with Gasteiger partial charge in [-0.15, -0.1) is 0 Å². The van der Waals surface area contributed by atoms with Gasteiger partial charge in [-0.25, -0.2) is 4.98 Å². The number of hydrogen-bond donors (Lipinski definition) is 1. The number of nitrogens with zero attached hydrogens (tertiary/aromatic N) is 2. The fourth-order valence-electron chi connectivity index (χ4n) is 2.91. The second-order valence-corrected chi connectivity index (χ2v) is 7.80. The number of para-hydroxylation sites is 1. The van der Waals surface area contributed by atoms with Gasteiger partial charge >= 0.3 is 0 Å². The molecule has 3 rings (SSSR count). The molecular weight excluding hydrogens is 368 g/mol. The summed E-state index contributed by atoms with van der Waals surface area (Å²) in [7, 11) is -3.48. The highest BCUT2D eigenvalue weighted by atomic mass is 32.2. The van der Waals surface area contributed by atoms with Gasteiger partial charge in [0.25, 0.3) is 15.7 Å². The molecule has 8 heteroatoms. The second kappa shape index (κ2) is 7.89. The molecule has 0 atom stereocenters. The molecule has 27 heavy (non-hydrogen) atoms. The highest BCUT2D eigenvalue weighted by molar-refractivity contribution is 7.85. The SMILES string of the molecule is CS(=O)(=O)OCCCCc1c(O)c2cccnc2n(-c2ccccc2)c1=O. The van der Waals surface area contributed by atoms with Crippen LogP contribution in [-0.2, 0) is 20.7 Å². The predicted octanol–water partition coefficient (Wildman–Crippen LogP) is 2.39. The lowest BCUT2D eigenvalue weighted by Gasteiger charge is -2.14. The van der Waals surface area contributed by atoms with Crippen molar-refractivity contribution in [1.29, 1.82) is 0 Å². The van der Waals surface area contributed by atoms with E-state index in [1.807, 2.05) is 18.2 Å². The Morgan fingerprint density at radius 3 is 2.56 bits per heavy atom. The van der Waals surface area contributed by atoms with Crippen LogP contribution in [0.25, 0.3) is 16.7 Å². The van der Waals surface area contributed by atoms with Crippen molar-refractivity contribution in [3.63, 3.8) is 0 Å². The van der Waals surface area contributed by atoms with Crippen LogP contribution in [0.5, 0.6) is 5.75 Å². The van der Waals surface area contributed by atoms with E-state index in [2.05, 4.69) is 4.98 Å². The third-order valence-corrected chi connectivity index (χ3v) is 4.73. The van der Waals surface area contributed by atoms with Crippen LogP contribution in [0.3, 0.4) is 0 Å². The molecule has 142 valence electrons. The van der Waals surface area contributed by atoms with Crippen LogP contribution >= 0.6 is 0 Å². The number of unbranched alkanes of at least 4 members (excludes halogenated alkanes) is 1. The van der Waals surface area contributed by atoms with Crippen molar-refractivity contribution in [1.82, 2.24) is 9.55 Å². The van der Waals surface area contributed by atoms with E-state index in [1.165, 1.54) is 4.57 Å². The van der Waals surface area contributed by atoms with Crippen molar-refractivity contribution in [2.75, 3.05) is 12.9 Å². The zero-order valence-electron chi connectivity index (χ0n) is 14.8. The fourth-order valence-corrected chi connectivity index (χ4v) is 3.33. The Morgan fingerprint density at radius 2 is 1.85 bits per heavy atom. The minimum absolute atomic E-state index is 0.0433. The lowest BCUT2D eigenvalue weighted by Crippen LogP contribution is -2.23. The second-order valence-electron chi connectivity index (χ2n) is 6.16. The molecule has 0 bridgehead atoms. The Labute approximate surface area is 157 Å². The molecule has 0 fully saturated rings. The van der Waals surface area contributed by atoms with Gasteiger partial charge in [0.1, 0.15) is 5.75 Å². The Kier molecular flexibility index (Phi) is 5.57. The van der Waals surface area contributed by atoms with Gasteiger partial charge in [-0.2, -0.15) is 8.42 Å². The number of pyridine rings is 2. The first-order valence-electron chi connectivity index (χ1n) is 8.50. The van der Waals surface area contributed by atoms with Crippen molar-refractivity contribution >= 4 is 21.2 Å². The normalized spacial score (nSPS) is 11.7. The van der Waals surface area contributed by atoms with Gasteiger partial charge in [-0.1, -0.05) is 18.2 Å². The molecule has 0 unspecified atom stereocenters. The predicted molar refractivity (Wildman–Crippen MR) is 103 cm³/mol. The van der Waals surface area contributed by atoms with Crippen molar-refractivity contribution in [3.8, 4) is 11.4 Å². The van der Waals surface area contributed by atoms with Crippen molar-refractivity contribution < 1.29 is 17.7 Å². The van der Waals surface area contributed by atoms with Gasteiger partial charge in [-0.3, -0.25) is 13.5 Å². The number of aromatic hydroxyl groups is 1. The molecule has 0 spiro atoms. The average Bonchev–Trinajstić information content (AvgIpc) is 2.64. The van der Waals surface area contributed by atoms with Crippen molar-refractivity contribution in [2.24, 2.45) is 0 Å². The van der Waals surface area contributed by atoms with E-state index < -0.39 is 10.1 Å². The summed E-state index contributed by atoms with van der Waals surface area (Å²) in [5.41, 5.74) is 0.982. The lowest BCUT2D eigenvalue weighted by atomic mass is 10.1. The van der Waals surface area contributed by atoms with Crippen LogP contribution in [0.2, 0.25) is 0 Å². The number of fused-ring (bicyclic) bond motifs is 1. The summed E-state index contributed by atoms with van der Waals surface area (Å²) in [6.07, 6.45) is 3.81. The lowest BCUT2D eigenvalue weighted by molar-refractivity contribution is 0.311. The van der Waals surface area contributed by atoms with Crippen LogP contribution in [0, 0.1) is 0 Å². The summed E-state index contributed by atoms with van der Waals surface area (Å²) in [5, 5.41) is 11.1. The molecule has 0 amide bonds. The van der Waals surface area contributed by atoms with Gasteiger partial charge in [0, 0.05) is 6.20 Å². The monoisotopic (exact) mass is 388 g/mol. The van der Waals surface area contributed by atoms with Gasteiger partial charge in [0.15, 0.2) is 5.65 Å². The average molecular weight is 388 g/mol. The summed E-state index contributed by atoms with van der Waals surface area (Å²) >= 11 is 0. The van der Waals surface area contributed by atoms with Crippen molar-refractivity contribution in [2.45, 2.75) is 19.3 Å². The first kappa shape index (κ1) is 19.1. The third-order valence-electron chi connectivity index (χ3n) is 4.13. The van der Waals surface area contributed by atoms with Crippen LogP contribution in [0.1, 0.15) is 18.4 Å². The molecule has 2 heterocycles. The zero-order chi connectivity index (χ0) is 19.4. The summed E-state index contributed by atoms with van der Waals surface area (Å²) in [4.78, 5) is 17.3. The van der Waals surface area contributed by atoms with E-state index in [0.29, 0.717) is 36.0 Å². The molecule has 2 aromatic heterocycles. The van der Waals surface area contributed by atoms with E-state index in [-0.39, 0.29) is 23.5 Å². The number of aromatic nitrogens is 2. The molecule has 0 saturated carbocycles. The minimum Gasteiger partial charge on any atom is -0.507 e. The fraction of sp³-hybridized carbons (Fsp3) is 0.263. The third kappa shape index (κ3) is 4.35. The van der Waals surface area contributed by atoms with Crippen LogP contribution in [0.15, 0.2) is 53.5 Å². The summed E-state index contributed by atoms with van der Waals surface area (Å²) < 4.78 is 28.2. The molecule has 0 aliphatic heterocycles. The first-order chi connectivity index (χ1) is 12.9. The largest absolute Gasteiger partial charge is 0.507 e. The standard InChI is InChI=1S/C19H20N2O5S/c1-27(24,25)26-13-6-5-10-16-17(22)15-11-7-12-20-18(15)21(19(16)23)14-8-3-2-4-9-14/h2-4,7-9,11-12,22H,5-6,10,13H2,1H3. The van der Waals surface area contributed by atoms with Gasteiger partial charge in [0.05, 0.1) is 29.5 Å². The Hall–Kier alpha value is -2.71. The molecular formula is C19H20N2O5S. The Bertz CT molecular complexity index is 1110. The van der Waals surface area contributed by atoms with E-state index in [0.717, 1.165) is 6.26 Å². The van der Waals surface area contributed by atoms with Gasteiger partial charge < -0.3 is 5.11 Å². The smallest absolute Gasteiger partial charge is 0.264 e. The van der Waals surface area contributed by atoms with E-state index in [9.17, 15) is 18.3 Å². The van der Waals surface area contributed by atoms with Gasteiger partial charge in [0.2, 0.25) is 0 Å². The van der Waals surface area contributed by atoms with Gasteiger partial charge in [-0.05, 0) is 43.5 Å². The molecule has 3 aromatic rings. The first-order valence-corrected chi connectivity index (χ1v) is 10.3. The number of benzene rings is 1. The molecule has 7 nitrogen and oxygen atoms in total. The Balaban J connectivity index is 1.97. The highest BCUT2D eigenvalue weighted by Gasteiger charge is 2.17. The summed E-state index contributed by atoms with van der Waals surface area (Å²) in [6.45, 7) is 0.0433. The summed E-state index contributed by atoms with van der Waals surface area (Å²) in [6, 6.07) is 12.5. The Morgan fingerprint density at radius 1 is 1.11 bits per heavy atom. The molecule has 1 N–H and O–H groups in total. The molecule has 1 aromatic carbocycles. The number of hydrogen-bond acceptors (Lipinski definition) is 6. The zero-order valence-corrected chi connectivity index (χ0v) is 15.6. The van der Waals surface area contributed by atoms with Crippen LogP contribution < -0.4 is 5.56 Å². The molecule has 0 radical (unpaired) electrons. The maximum absolute atomic E-state index is 13.1. The van der Waals surface area contributed by atoms with E-state index in [1.54, 1.807) is 30.5 Å². The maximum Gasteiger partial charge on any atom is 0.264 e. The topological polar surface area (TPSA) is 98.5 Å². The molecule has 0 saturated heterocycles. The number of rotatable bonds is 7. The summed E-state index contributed by atoms with van der Waals surface area (Å²) in [5.74, 6) is -0.0840. The molecule has 0 aliphatic rings. The van der Waals surface area contributed by atoms with E-state index >= 15 is 0 Å². The van der Waals surface area contributed by atoms with E-state index in [4.69, 9.17) is 4.18 Å². The maximum atomic E-state index is 13.1. The minimum atomic E-state index is -3.48. The highest BCUT2D eigenvalue weighted by Crippen LogP contribution is 2.27. The van der Waals surface area contributed by atoms with Crippen molar-refractivity contribution in [3.05, 3.63) is 64.6 Å².